The van der Waals surface area contributed by atoms with E-state index in [9.17, 15) is 4.79 Å². The largest absolute Gasteiger partial charge is 0.492 e. The van der Waals surface area contributed by atoms with Crippen molar-refractivity contribution in [1.82, 2.24) is 10.2 Å². The van der Waals surface area contributed by atoms with Gasteiger partial charge in [0.25, 0.3) is 0 Å². The monoisotopic (exact) mass is 266 g/mol. The van der Waals surface area contributed by atoms with E-state index in [0.717, 1.165) is 26.2 Å². The van der Waals surface area contributed by atoms with Crippen molar-refractivity contribution in [2.45, 2.75) is 6.92 Å². The van der Waals surface area contributed by atoms with Crippen molar-refractivity contribution in [3.63, 3.8) is 0 Å². The summed E-state index contributed by atoms with van der Waals surface area (Å²) in [5.41, 5.74) is 0.245. The number of hydrogen-bond donors (Lipinski definition) is 2. The summed E-state index contributed by atoms with van der Waals surface area (Å²) < 4.78 is 5.49. The number of carboxylic acid groups (broad SMARTS) is 1. The molecular weight excluding hydrogens is 244 g/mol. The Bertz CT molecular complexity index is 396. The summed E-state index contributed by atoms with van der Waals surface area (Å²) in [4.78, 5) is 13.0. The Labute approximate surface area is 114 Å². The van der Waals surface area contributed by atoms with Crippen LogP contribution in [0.15, 0.2) is 24.3 Å². The van der Waals surface area contributed by atoms with E-state index >= 15 is 0 Å². The second kappa shape index (κ2) is 8.50. The predicted molar refractivity (Wildman–Crippen MR) is 74.9 cm³/mol. The molecule has 0 bridgehead atoms. The highest BCUT2D eigenvalue weighted by atomic mass is 16.5. The Morgan fingerprint density at radius 3 is 2.89 bits per heavy atom. The van der Waals surface area contributed by atoms with Crippen LogP contribution in [0.25, 0.3) is 0 Å². The number of carbonyl (C=O) groups is 1. The molecule has 0 fully saturated rings. The first-order chi connectivity index (χ1) is 9.13. The van der Waals surface area contributed by atoms with Crippen LogP contribution < -0.4 is 10.1 Å². The predicted octanol–water partition coefficient (Wildman–Crippen LogP) is 1.30. The zero-order chi connectivity index (χ0) is 14.1. The standard InChI is InChI=1S/C14H22N2O3/c1-3-16(2)9-7-15-8-10-19-13-6-4-5-12(11-13)14(17)18/h4-6,11,15H,3,7-10H2,1-2H3,(H,17,18). The van der Waals surface area contributed by atoms with Gasteiger partial charge in [-0.1, -0.05) is 13.0 Å². The fourth-order valence-corrected chi connectivity index (χ4v) is 1.51. The first kappa shape index (κ1) is 15.5. The van der Waals surface area contributed by atoms with Gasteiger partial charge in [-0.2, -0.15) is 0 Å². The number of ether oxygens (including phenoxy) is 1. The molecule has 0 spiro atoms. The quantitative estimate of drug-likeness (QED) is 0.660. The van der Waals surface area contributed by atoms with Crippen molar-refractivity contribution in [3.05, 3.63) is 29.8 Å². The summed E-state index contributed by atoms with van der Waals surface area (Å²) in [7, 11) is 2.08. The van der Waals surface area contributed by atoms with Gasteiger partial charge in [0.15, 0.2) is 0 Å². The lowest BCUT2D eigenvalue weighted by Crippen LogP contribution is -2.31. The maximum Gasteiger partial charge on any atom is 0.335 e. The summed E-state index contributed by atoms with van der Waals surface area (Å²) in [6.45, 7) is 6.36. The third-order valence-electron chi connectivity index (χ3n) is 2.84. The van der Waals surface area contributed by atoms with Crippen molar-refractivity contribution < 1.29 is 14.6 Å². The van der Waals surface area contributed by atoms with Gasteiger partial charge in [0.2, 0.25) is 0 Å². The van der Waals surface area contributed by atoms with Crippen LogP contribution in [-0.4, -0.2) is 55.8 Å². The highest BCUT2D eigenvalue weighted by Gasteiger charge is 2.03. The molecule has 1 aromatic carbocycles. The number of hydrogen-bond acceptors (Lipinski definition) is 4. The lowest BCUT2D eigenvalue weighted by atomic mass is 10.2. The second-order valence-electron chi connectivity index (χ2n) is 4.33. The number of rotatable bonds is 9. The normalized spacial score (nSPS) is 10.7. The average Bonchev–Trinajstić information content (AvgIpc) is 2.42. The van der Waals surface area contributed by atoms with Crippen molar-refractivity contribution in [3.8, 4) is 5.75 Å². The molecule has 0 aliphatic heterocycles. The van der Waals surface area contributed by atoms with Gasteiger partial charge < -0.3 is 20.1 Å². The zero-order valence-corrected chi connectivity index (χ0v) is 11.6. The maximum atomic E-state index is 10.8. The molecular formula is C14H22N2O3. The minimum absolute atomic E-state index is 0.245. The SMILES string of the molecule is CCN(C)CCNCCOc1cccc(C(=O)O)c1. The molecule has 1 rings (SSSR count). The van der Waals surface area contributed by atoms with Crippen LogP contribution in [0, 0.1) is 0 Å². The van der Waals surface area contributed by atoms with Gasteiger partial charge in [0.1, 0.15) is 12.4 Å². The summed E-state index contributed by atoms with van der Waals surface area (Å²) in [6.07, 6.45) is 0. The van der Waals surface area contributed by atoms with Crippen molar-refractivity contribution >= 4 is 5.97 Å². The first-order valence-electron chi connectivity index (χ1n) is 6.49. The summed E-state index contributed by atoms with van der Waals surface area (Å²) in [6, 6.07) is 6.53. The van der Waals surface area contributed by atoms with Gasteiger partial charge in [-0.3, -0.25) is 0 Å². The molecule has 0 aliphatic carbocycles. The van der Waals surface area contributed by atoms with E-state index in [1.807, 2.05) is 0 Å². The number of likely N-dealkylation sites (N-methyl/N-ethyl adjacent to an activating group) is 1. The summed E-state index contributed by atoms with van der Waals surface area (Å²) >= 11 is 0. The van der Waals surface area contributed by atoms with E-state index < -0.39 is 5.97 Å². The van der Waals surface area contributed by atoms with E-state index in [1.54, 1.807) is 18.2 Å². The molecule has 0 heterocycles. The smallest absolute Gasteiger partial charge is 0.335 e. The Balaban J connectivity index is 2.19. The molecule has 0 aromatic heterocycles. The third-order valence-corrected chi connectivity index (χ3v) is 2.84. The Morgan fingerprint density at radius 2 is 2.21 bits per heavy atom. The number of aromatic carboxylic acids is 1. The Hall–Kier alpha value is -1.59. The van der Waals surface area contributed by atoms with E-state index in [2.05, 4.69) is 24.2 Å². The molecule has 0 radical (unpaired) electrons. The number of nitrogens with zero attached hydrogens (tertiary/aromatic N) is 1. The maximum absolute atomic E-state index is 10.8. The van der Waals surface area contributed by atoms with E-state index in [1.165, 1.54) is 6.07 Å². The molecule has 19 heavy (non-hydrogen) atoms. The fourth-order valence-electron chi connectivity index (χ4n) is 1.51. The van der Waals surface area contributed by atoms with Gasteiger partial charge in [0, 0.05) is 19.6 Å². The van der Waals surface area contributed by atoms with Crippen LogP contribution in [0.2, 0.25) is 0 Å². The summed E-state index contributed by atoms with van der Waals surface area (Å²) in [5.74, 6) is -0.349. The minimum Gasteiger partial charge on any atom is -0.492 e. The third kappa shape index (κ3) is 6.22. The molecule has 0 amide bonds. The topological polar surface area (TPSA) is 61.8 Å². The number of benzene rings is 1. The van der Waals surface area contributed by atoms with E-state index in [0.29, 0.717) is 12.4 Å². The number of carboxylic acids is 1. The van der Waals surface area contributed by atoms with Gasteiger partial charge in [-0.05, 0) is 31.8 Å². The lowest BCUT2D eigenvalue weighted by molar-refractivity contribution is 0.0696. The molecule has 0 unspecified atom stereocenters. The molecule has 0 atom stereocenters. The molecule has 2 N–H and O–H groups in total. The van der Waals surface area contributed by atoms with E-state index in [4.69, 9.17) is 9.84 Å². The zero-order valence-electron chi connectivity index (χ0n) is 11.6. The summed E-state index contributed by atoms with van der Waals surface area (Å²) in [5, 5.41) is 12.1. The lowest BCUT2D eigenvalue weighted by Gasteiger charge is -2.14. The van der Waals surface area contributed by atoms with Crippen LogP contribution in [0.3, 0.4) is 0 Å². The second-order valence-corrected chi connectivity index (χ2v) is 4.33. The van der Waals surface area contributed by atoms with Crippen molar-refractivity contribution in [2.24, 2.45) is 0 Å². The highest BCUT2D eigenvalue weighted by molar-refractivity contribution is 5.87. The highest BCUT2D eigenvalue weighted by Crippen LogP contribution is 2.12. The molecule has 5 nitrogen and oxygen atoms in total. The van der Waals surface area contributed by atoms with Gasteiger partial charge in [-0.25, -0.2) is 4.79 Å². The van der Waals surface area contributed by atoms with Gasteiger partial charge in [0.05, 0.1) is 5.56 Å². The Morgan fingerprint density at radius 1 is 1.42 bits per heavy atom. The minimum atomic E-state index is -0.939. The molecule has 5 heteroatoms. The first-order valence-corrected chi connectivity index (χ1v) is 6.49. The molecule has 0 aliphatic rings. The van der Waals surface area contributed by atoms with Gasteiger partial charge in [-0.15, -0.1) is 0 Å². The van der Waals surface area contributed by atoms with Crippen LogP contribution in [-0.2, 0) is 0 Å². The number of nitrogens with one attached hydrogen (secondary N) is 1. The molecule has 0 saturated carbocycles. The molecule has 0 saturated heterocycles. The average molecular weight is 266 g/mol. The van der Waals surface area contributed by atoms with Gasteiger partial charge >= 0.3 is 5.97 Å². The molecule has 1 aromatic rings. The van der Waals surface area contributed by atoms with Crippen LogP contribution in [0.4, 0.5) is 0 Å². The van der Waals surface area contributed by atoms with Crippen molar-refractivity contribution in [1.29, 1.82) is 0 Å². The van der Waals surface area contributed by atoms with Crippen molar-refractivity contribution in [2.75, 3.05) is 39.8 Å². The van der Waals surface area contributed by atoms with Crippen LogP contribution in [0.5, 0.6) is 5.75 Å². The Kier molecular flexibility index (Phi) is 6.92. The van der Waals surface area contributed by atoms with Crippen LogP contribution >= 0.6 is 0 Å². The fraction of sp³-hybridized carbons (Fsp3) is 0.500. The van der Waals surface area contributed by atoms with E-state index in [-0.39, 0.29) is 5.56 Å². The van der Waals surface area contributed by atoms with Crippen LogP contribution in [0.1, 0.15) is 17.3 Å². The molecule has 106 valence electrons.